The van der Waals surface area contributed by atoms with Crippen molar-refractivity contribution in [1.82, 2.24) is 9.80 Å². The lowest BCUT2D eigenvalue weighted by molar-refractivity contribution is -0.122. The van der Waals surface area contributed by atoms with Gasteiger partial charge in [-0.25, -0.2) is 4.79 Å². The minimum absolute atomic E-state index is 0.0158. The number of rotatable bonds is 9. The van der Waals surface area contributed by atoms with Gasteiger partial charge >= 0.3 is 6.03 Å². The lowest BCUT2D eigenvalue weighted by atomic mass is 9.99. The number of urea groups is 1. The number of carbonyl (C=O) groups excluding carboxylic acids is 4. The van der Waals surface area contributed by atoms with Crippen LogP contribution in [0.1, 0.15) is 32.7 Å². The molecule has 0 heterocycles. The zero-order valence-electron chi connectivity index (χ0n) is 18.0. The molecule has 0 aromatic heterocycles. The van der Waals surface area contributed by atoms with Crippen LogP contribution < -0.4 is 11.1 Å². The molecule has 176 valence electrons. The Morgan fingerprint density at radius 3 is 2.42 bits per heavy atom. The van der Waals surface area contributed by atoms with Crippen LogP contribution in [0.4, 0.5) is 10.5 Å². The van der Waals surface area contributed by atoms with Crippen LogP contribution in [0.15, 0.2) is 36.4 Å². The van der Waals surface area contributed by atoms with E-state index in [2.05, 4.69) is 5.32 Å². The van der Waals surface area contributed by atoms with E-state index in [0.29, 0.717) is 22.6 Å². The van der Waals surface area contributed by atoms with E-state index >= 15 is 0 Å². The van der Waals surface area contributed by atoms with Crippen LogP contribution in [0.3, 0.4) is 0 Å². The Hall–Kier alpha value is -3.14. The first-order chi connectivity index (χ1) is 15.6. The van der Waals surface area contributed by atoms with Gasteiger partial charge in [0.2, 0.25) is 5.91 Å². The van der Waals surface area contributed by atoms with Crippen LogP contribution in [-0.2, 0) is 11.3 Å². The highest BCUT2D eigenvalue weighted by Crippen LogP contribution is 2.25. The fourth-order valence-electron chi connectivity index (χ4n) is 3.18. The van der Waals surface area contributed by atoms with Crippen LogP contribution in [-0.4, -0.2) is 65.8 Å². The third kappa shape index (κ3) is 6.44. The molecule has 0 saturated heterocycles. The van der Waals surface area contributed by atoms with Crippen LogP contribution in [0.2, 0.25) is 10.0 Å². The first-order valence-corrected chi connectivity index (χ1v) is 10.6. The molecule has 1 atom stereocenters. The average Bonchev–Trinajstić information content (AvgIpc) is 2.78. The molecule has 1 unspecified atom stereocenters. The minimum atomic E-state index is -1.04. The van der Waals surface area contributed by atoms with Gasteiger partial charge in [0, 0.05) is 38.5 Å². The zero-order valence-corrected chi connectivity index (χ0v) is 19.6. The number of nitrogens with zero attached hydrogens (tertiary/aromatic N) is 2. The van der Waals surface area contributed by atoms with Crippen molar-refractivity contribution in [2.24, 2.45) is 5.73 Å². The van der Waals surface area contributed by atoms with Gasteiger partial charge in [-0.1, -0.05) is 35.3 Å². The van der Waals surface area contributed by atoms with Gasteiger partial charge in [-0.2, -0.15) is 0 Å². The van der Waals surface area contributed by atoms with Gasteiger partial charge in [0.15, 0.2) is 6.29 Å². The van der Waals surface area contributed by atoms with Crippen molar-refractivity contribution in [1.29, 1.82) is 0 Å². The molecule has 33 heavy (non-hydrogen) atoms. The van der Waals surface area contributed by atoms with Gasteiger partial charge in [0.25, 0.3) is 5.91 Å². The number of aldehydes is 1. The lowest BCUT2D eigenvalue weighted by Gasteiger charge is -2.26. The van der Waals surface area contributed by atoms with Gasteiger partial charge in [0.1, 0.15) is 6.04 Å². The molecule has 0 saturated carbocycles. The Kier molecular flexibility index (Phi) is 9.22. The monoisotopic (exact) mass is 494 g/mol. The second kappa shape index (κ2) is 11.6. The molecule has 0 spiro atoms. The molecule has 2 aromatic rings. The molecule has 0 radical (unpaired) electrons. The fraction of sp³-hybridized carbons (Fsp3) is 0.273. The molecule has 0 bridgehead atoms. The number of aliphatic hydroxyl groups excluding tert-OH is 1. The molecule has 0 fully saturated rings. The maximum atomic E-state index is 13.0. The third-order valence-electron chi connectivity index (χ3n) is 4.99. The van der Waals surface area contributed by atoms with Crippen molar-refractivity contribution in [2.75, 3.05) is 26.0 Å². The van der Waals surface area contributed by atoms with Gasteiger partial charge in [-0.3, -0.25) is 14.4 Å². The normalized spacial score (nSPS) is 11.4. The molecule has 11 heteroatoms. The van der Waals surface area contributed by atoms with Gasteiger partial charge in [-0.05, 0) is 36.2 Å². The summed E-state index contributed by atoms with van der Waals surface area (Å²) in [5.41, 5.74) is 6.33. The summed E-state index contributed by atoms with van der Waals surface area (Å²) in [5, 5.41) is 12.5. The predicted octanol–water partition coefficient (Wildman–Crippen LogP) is 2.78. The molecule has 4 N–H and O–H groups in total. The van der Waals surface area contributed by atoms with Crippen LogP contribution in [0.25, 0.3) is 0 Å². The smallest absolute Gasteiger partial charge is 0.321 e. The highest BCUT2D eigenvalue weighted by Gasteiger charge is 2.27. The summed E-state index contributed by atoms with van der Waals surface area (Å²) in [5.74, 6) is -1.39. The molecule has 2 rings (SSSR count). The maximum Gasteiger partial charge on any atom is 0.321 e. The highest BCUT2D eigenvalue weighted by atomic mass is 35.5. The fourth-order valence-corrected chi connectivity index (χ4v) is 3.48. The molecule has 2 aromatic carbocycles. The van der Waals surface area contributed by atoms with E-state index in [0.717, 1.165) is 4.90 Å². The van der Waals surface area contributed by atoms with Crippen molar-refractivity contribution in [2.45, 2.75) is 19.0 Å². The summed E-state index contributed by atoms with van der Waals surface area (Å²) in [6.07, 6.45) is 0.484. The summed E-state index contributed by atoms with van der Waals surface area (Å²) in [6.45, 7) is -0.327. The van der Waals surface area contributed by atoms with E-state index in [1.165, 1.54) is 31.1 Å². The largest absolute Gasteiger partial charge is 0.396 e. The van der Waals surface area contributed by atoms with Gasteiger partial charge in [0.05, 0.1) is 15.6 Å². The minimum Gasteiger partial charge on any atom is -0.396 e. The number of likely N-dealkylation sites (N-methyl/N-ethyl adjacent to an activating group) is 1. The van der Waals surface area contributed by atoms with E-state index in [1.807, 2.05) is 0 Å². The Balaban J connectivity index is 2.24. The van der Waals surface area contributed by atoms with E-state index in [1.54, 1.807) is 24.3 Å². The molecule has 0 aliphatic rings. The number of nitrogens with two attached hydrogens (primary N) is 1. The number of halogens is 2. The van der Waals surface area contributed by atoms with Crippen LogP contribution >= 0.6 is 23.2 Å². The van der Waals surface area contributed by atoms with Crippen molar-refractivity contribution >= 4 is 53.0 Å². The summed E-state index contributed by atoms with van der Waals surface area (Å²) in [7, 11) is 2.89. The van der Waals surface area contributed by atoms with Crippen molar-refractivity contribution in [3.63, 3.8) is 0 Å². The third-order valence-corrected chi connectivity index (χ3v) is 5.73. The predicted molar refractivity (Wildman–Crippen MR) is 126 cm³/mol. The van der Waals surface area contributed by atoms with Crippen molar-refractivity contribution in [3.05, 3.63) is 63.1 Å². The van der Waals surface area contributed by atoms with Crippen LogP contribution in [0.5, 0.6) is 0 Å². The van der Waals surface area contributed by atoms with Gasteiger partial charge in [-0.15, -0.1) is 0 Å². The zero-order chi connectivity index (χ0) is 24.7. The molecular formula is C22H24Cl2N4O5. The molecule has 4 amide bonds. The SMILES string of the molecule is CN(Cc1cccc(C(=O)N(C)C(CCO)C(N)=O)c1C=O)C(=O)Nc1ccc(Cl)c(Cl)c1. The first-order valence-electron chi connectivity index (χ1n) is 9.82. The molecule has 0 aliphatic heterocycles. The Bertz CT molecular complexity index is 1060. The Morgan fingerprint density at radius 1 is 1.15 bits per heavy atom. The number of amides is 4. The molecule has 0 aliphatic carbocycles. The van der Waals surface area contributed by atoms with E-state index in [-0.39, 0.29) is 35.7 Å². The number of anilines is 1. The number of carbonyl (C=O) groups is 4. The molecule has 9 nitrogen and oxygen atoms in total. The first kappa shape index (κ1) is 26.1. The summed E-state index contributed by atoms with van der Waals surface area (Å²) in [6, 6.07) is 7.75. The highest BCUT2D eigenvalue weighted by molar-refractivity contribution is 6.42. The van der Waals surface area contributed by atoms with E-state index in [9.17, 15) is 19.2 Å². The van der Waals surface area contributed by atoms with Crippen LogP contribution in [0, 0.1) is 0 Å². The number of primary amides is 1. The summed E-state index contributed by atoms with van der Waals surface area (Å²) >= 11 is 11.8. The lowest BCUT2D eigenvalue weighted by Crippen LogP contribution is -2.46. The van der Waals surface area contributed by atoms with Crippen molar-refractivity contribution in [3.8, 4) is 0 Å². The van der Waals surface area contributed by atoms with E-state index in [4.69, 9.17) is 34.0 Å². The number of hydrogen-bond donors (Lipinski definition) is 3. The Morgan fingerprint density at radius 2 is 1.85 bits per heavy atom. The average molecular weight is 495 g/mol. The maximum absolute atomic E-state index is 13.0. The topological polar surface area (TPSA) is 133 Å². The van der Waals surface area contributed by atoms with E-state index < -0.39 is 23.9 Å². The number of benzene rings is 2. The summed E-state index contributed by atoms with van der Waals surface area (Å²) in [4.78, 5) is 51.5. The standard InChI is InChI=1S/C22H24Cl2N4O5/c1-27(22(33)26-14-6-7-17(23)18(24)10-14)11-13-4-3-5-15(16(13)12-30)21(32)28(2)19(8-9-29)20(25)31/h3-7,10,12,19,29H,8-9,11H2,1-2H3,(H2,25,31)(H,26,33). The summed E-state index contributed by atoms with van der Waals surface area (Å²) < 4.78 is 0. The van der Waals surface area contributed by atoms with Gasteiger partial charge < -0.3 is 26.0 Å². The Labute approximate surface area is 201 Å². The molecular weight excluding hydrogens is 471 g/mol. The quantitative estimate of drug-likeness (QED) is 0.460. The number of aliphatic hydroxyl groups is 1. The number of nitrogens with one attached hydrogen (secondary N) is 1. The second-order valence-corrected chi connectivity index (χ2v) is 8.07. The number of hydrogen-bond acceptors (Lipinski definition) is 5. The second-order valence-electron chi connectivity index (χ2n) is 7.26. The van der Waals surface area contributed by atoms with Crippen molar-refractivity contribution < 1.29 is 24.3 Å².